The van der Waals surface area contributed by atoms with Gasteiger partial charge in [-0.05, 0) is 39.4 Å². The molecule has 0 saturated carbocycles. The van der Waals surface area contributed by atoms with Crippen LogP contribution in [0.3, 0.4) is 0 Å². The van der Waals surface area contributed by atoms with Crippen LogP contribution in [0.4, 0.5) is 0 Å². The van der Waals surface area contributed by atoms with Crippen LogP contribution in [0, 0.1) is 5.92 Å². The van der Waals surface area contributed by atoms with Crippen LogP contribution in [0.15, 0.2) is 0 Å². The van der Waals surface area contributed by atoms with Gasteiger partial charge in [0.25, 0.3) is 0 Å². The Bertz CT molecular complexity index is 325. The maximum atomic E-state index is 12.4. The molecule has 0 aromatic rings. The maximum absolute atomic E-state index is 12.4. The first-order valence-corrected chi connectivity index (χ1v) is 8.45. The van der Waals surface area contributed by atoms with E-state index in [9.17, 15) is 4.79 Å². The number of hydrogen-bond donors (Lipinski definition) is 0. The summed E-state index contributed by atoms with van der Waals surface area (Å²) in [6, 6.07) is 0. The van der Waals surface area contributed by atoms with E-state index >= 15 is 0 Å². The lowest BCUT2D eigenvalue weighted by Crippen LogP contribution is -2.40. The molecular formula is C16H31N3O2. The minimum atomic E-state index is 0.303. The minimum absolute atomic E-state index is 0.303. The molecule has 0 N–H and O–H groups in total. The molecule has 21 heavy (non-hydrogen) atoms. The van der Waals surface area contributed by atoms with Crippen LogP contribution in [-0.2, 0) is 9.53 Å². The summed E-state index contributed by atoms with van der Waals surface area (Å²) in [5.41, 5.74) is 0. The fourth-order valence-electron chi connectivity index (χ4n) is 3.14. The van der Waals surface area contributed by atoms with Crippen LogP contribution in [0.2, 0.25) is 0 Å². The summed E-state index contributed by atoms with van der Waals surface area (Å²) in [7, 11) is 2.16. The third kappa shape index (κ3) is 5.57. The van der Waals surface area contributed by atoms with Crippen LogP contribution >= 0.6 is 0 Å². The quantitative estimate of drug-likeness (QED) is 0.683. The molecule has 2 saturated heterocycles. The molecule has 0 aromatic heterocycles. The van der Waals surface area contributed by atoms with Crippen molar-refractivity contribution in [2.24, 2.45) is 5.92 Å². The summed E-state index contributed by atoms with van der Waals surface area (Å²) in [4.78, 5) is 19.1. The van der Waals surface area contributed by atoms with Gasteiger partial charge in [-0.25, -0.2) is 0 Å². The second-order valence-electron chi connectivity index (χ2n) is 6.50. The normalized spacial score (nSPS) is 25.2. The Balaban J connectivity index is 1.69. The van der Waals surface area contributed by atoms with Crippen molar-refractivity contribution < 1.29 is 9.53 Å². The average molecular weight is 297 g/mol. The first-order valence-electron chi connectivity index (χ1n) is 8.45. The van der Waals surface area contributed by atoms with Crippen molar-refractivity contribution in [2.75, 3.05) is 66.1 Å². The first kappa shape index (κ1) is 16.7. The van der Waals surface area contributed by atoms with E-state index in [4.69, 9.17) is 4.74 Å². The summed E-state index contributed by atoms with van der Waals surface area (Å²) in [5, 5.41) is 0. The average Bonchev–Trinajstić information content (AvgIpc) is 2.84. The number of likely N-dealkylation sites (tertiary alicyclic amines) is 1. The smallest absolute Gasteiger partial charge is 0.236 e. The fourth-order valence-corrected chi connectivity index (χ4v) is 3.14. The number of nitrogens with zero attached hydrogens (tertiary/aromatic N) is 3. The largest absolute Gasteiger partial charge is 0.381 e. The van der Waals surface area contributed by atoms with Crippen LogP contribution < -0.4 is 0 Å². The van der Waals surface area contributed by atoms with Crippen molar-refractivity contribution in [3.05, 3.63) is 0 Å². The van der Waals surface area contributed by atoms with Crippen LogP contribution in [0.1, 0.15) is 26.2 Å². The summed E-state index contributed by atoms with van der Waals surface area (Å²) in [5.74, 6) is 0.841. The van der Waals surface area contributed by atoms with E-state index in [0.29, 0.717) is 18.4 Å². The molecule has 2 rings (SSSR count). The zero-order valence-electron chi connectivity index (χ0n) is 13.7. The second kappa shape index (κ2) is 8.71. The van der Waals surface area contributed by atoms with Crippen molar-refractivity contribution in [2.45, 2.75) is 26.2 Å². The molecule has 0 aromatic carbocycles. The van der Waals surface area contributed by atoms with E-state index in [1.807, 2.05) is 4.90 Å². The van der Waals surface area contributed by atoms with E-state index in [-0.39, 0.29) is 0 Å². The molecule has 122 valence electrons. The van der Waals surface area contributed by atoms with Gasteiger partial charge in [0.1, 0.15) is 0 Å². The number of ether oxygens (including phenoxy) is 1. The Morgan fingerprint density at radius 3 is 2.86 bits per heavy atom. The van der Waals surface area contributed by atoms with Gasteiger partial charge >= 0.3 is 0 Å². The van der Waals surface area contributed by atoms with Crippen LogP contribution in [0.5, 0.6) is 0 Å². The molecule has 1 amide bonds. The van der Waals surface area contributed by atoms with Gasteiger partial charge in [-0.2, -0.15) is 0 Å². The molecule has 5 heteroatoms. The lowest BCUT2D eigenvalue weighted by atomic mass is 10.1. The van der Waals surface area contributed by atoms with E-state index in [0.717, 1.165) is 71.7 Å². The highest BCUT2D eigenvalue weighted by Crippen LogP contribution is 2.17. The second-order valence-corrected chi connectivity index (χ2v) is 6.50. The number of carbonyl (C=O) groups excluding carboxylic acids is 1. The van der Waals surface area contributed by atoms with E-state index < -0.39 is 0 Å². The number of amides is 1. The minimum Gasteiger partial charge on any atom is -0.381 e. The number of likely N-dealkylation sites (N-methyl/N-ethyl adjacent to an activating group) is 1. The predicted molar refractivity (Wildman–Crippen MR) is 84.4 cm³/mol. The Hall–Kier alpha value is -0.650. The summed E-state index contributed by atoms with van der Waals surface area (Å²) < 4.78 is 5.62. The standard InChI is InChI=1S/C16H31N3O2/c1-3-11-21-14-15-5-8-19(12-15)16(20)13-18-7-4-6-17(2)9-10-18/h15H,3-14H2,1-2H3. The topological polar surface area (TPSA) is 36.0 Å². The molecule has 1 atom stereocenters. The van der Waals surface area contributed by atoms with E-state index in [1.54, 1.807) is 0 Å². The number of hydrogen-bond acceptors (Lipinski definition) is 4. The van der Waals surface area contributed by atoms with Crippen LogP contribution in [0.25, 0.3) is 0 Å². The molecule has 0 spiro atoms. The van der Waals surface area contributed by atoms with Gasteiger partial charge < -0.3 is 14.5 Å². The molecule has 2 aliphatic heterocycles. The molecule has 0 aliphatic carbocycles. The van der Waals surface area contributed by atoms with Crippen LogP contribution in [-0.4, -0.2) is 86.7 Å². The molecular weight excluding hydrogens is 266 g/mol. The predicted octanol–water partition coefficient (Wildman–Crippen LogP) is 0.899. The van der Waals surface area contributed by atoms with Gasteiger partial charge in [0.2, 0.25) is 5.91 Å². The van der Waals surface area contributed by atoms with Gasteiger partial charge in [0.05, 0.1) is 13.2 Å². The third-order valence-corrected chi connectivity index (χ3v) is 4.51. The molecule has 2 heterocycles. The lowest BCUT2D eigenvalue weighted by molar-refractivity contribution is -0.131. The van der Waals surface area contributed by atoms with Crippen molar-refractivity contribution in [3.8, 4) is 0 Å². The van der Waals surface area contributed by atoms with Gasteiger partial charge in [-0.15, -0.1) is 0 Å². The van der Waals surface area contributed by atoms with E-state index in [1.165, 1.54) is 0 Å². The van der Waals surface area contributed by atoms with Gasteiger partial charge in [0.15, 0.2) is 0 Å². The van der Waals surface area contributed by atoms with Crippen molar-refractivity contribution in [3.63, 3.8) is 0 Å². The first-order chi connectivity index (χ1) is 10.2. The van der Waals surface area contributed by atoms with E-state index in [2.05, 4.69) is 23.8 Å². The highest BCUT2D eigenvalue weighted by atomic mass is 16.5. The summed E-state index contributed by atoms with van der Waals surface area (Å²) in [6.45, 7) is 10.4. The summed E-state index contributed by atoms with van der Waals surface area (Å²) in [6.07, 6.45) is 3.33. The Labute approximate surface area is 129 Å². The van der Waals surface area contributed by atoms with Gasteiger partial charge in [0, 0.05) is 38.7 Å². The Morgan fingerprint density at radius 1 is 1.19 bits per heavy atom. The molecule has 0 radical (unpaired) electrons. The Morgan fingerprint density at radius 2 is 2.05 bits per heavy atom. The monoisotopic (exact) mass is 297 g/mol. The molecule has 2 aliphatic rings. The fraction of sp³-hybridized carbons (Fsp3) is 0.938. The van der Waals surface area contributed by atoms with Crippen molar-refractivity contribution >= 4 is 5.91 Å². The van der Waals surface area contributed by atoms with Crippen molar-refractivity contribution in [1.29, 1.82) is 0 Å². The zero-order valence-corrected chi connectivity index (χ0v) is 13.7. The highest BCUT2D eigenvalue weighted by molar-refractivity contribution is 5.78. The number of rotatable bonds is 6. The highest BCUT2D eigenvalue weighted by Gasteiger charge is 2.27. The molecule has 2 fully saturated rings. The van der Waals surface area contributed by atoms with Crippen molar-refractivity contribution in [1.82, 2.24) is 14.7 Å². The number of carbonyl (C=O) groups is 1. The van der Waals surface area contributed by atoms with Gasteiger partial charge in [-0.1, -0.05) is 6.92 Å². The van der Waals surface area contributed by atoms with Gasteiger partial charge in [-0.3, -0.25) is 9.69 Å². The SMILES string of the molecule is CCCOCC1CCN(C(=O)CN2CCCN(C)CC2)C1. The lowest BCUT2D eigenvalue weighted by Gasteiger charge is -2.23. The molecule has 0 bridgehead atoms. The third-order valence-electron chi connectivity index (χ3n) is 4.51. The molecule has 1 unspecified atom stereocenters. The Kier molecular flexibility index (Phi) is 6.93. The maximum Gasteiger partial charge on any atom is 0.236 e. The summed E-state index contributed by atoms with van der Waals surface area (Å²) >= 11 is 0. The molecule has 5 nitrogen and oxygen atoms in total. The zero-order chi connectivity index (χ0) is 15.1.